The van der Waals surface area contributed by atoms with Gasteiger partial charge >= 0.3 is 5.69 Å². The first-order valence-electron chi connectivity index (χ1n) is 11.9. The van der Waals surface area contributed by atoms with Crippen molar-refractivity contribution in [2.45, 2.75) is 68.5 Å². The molecule has 0 bridgehead atoms. The molecule has 2 heterocycles. The van der Waals surface area contributed by atoms with Gasteiger partial charge in [0.1, 0.15) is 0 Å². The zero-order valence-corrected chi connectivity index (χ0v) is 20.1. The van der Waals surface area contributed by atoms with Crippen molar-refractivity contribution in [1.82, 2.24) is 18.8 Å². The smallest absolute Gasteiger partial charge is 0.331 e. The van der Waals surface area contributed by atoms with Gasteiger partial charge in [0.05, 0.1) is 21.8 Å². The number of rotatable bonds is 7. The van der Waals surface area contributed by atoms with E-state index in [1.165, 1.54) is 22.8 Å². The van der Waals surface area contributed by atoms with Crippen LogP contribution in [0.25, 0.3) is 10.9 Å². The van der Waals surface area contributed by atoms with E-state index in [1.807, 2.05) is 6.92 Å². The Kier molecular flexibility index (Phi) is 5.55. The topological polar surface area (TPSA) is 110 Å². The third-order valence-corrected chi connectivity index (χ3v) is 8.86. The van der Waals surface area contributed by atoms with Crippen LogP contribution in [0.15, 0.2) is 45.3 Å². The molecule has 10 heteroatoms. The zero-order valence-electron chi connectivity index (χ0n) is 19.3. The van der Waals surface area contributed by atoms with Gasteiger partial charge in [0.15, 0.2) is 0 Å². The molecule has 1 aromatic carbocycles. The number of aromatic nitrogens is 2. The first-order chi connectivity index (χ1) is 16.1. The van der Waals surface area contributed by atoms with Crippen molar-refractivity contribution in [3.8, 4) is 0 Å². The first-order valence-corrected chi connectivity index (χ1v) is 13.3. The maximum absolute atomic E-state index is 13.6. The molecule has 0 spiro atoms. The Morgan fingerprint density at radius 3 is 2.62 bits per heavy atom. The molecular weight excluding hydrogens is 456 g/mol. The Hall–Kier alpha value is -2.72. The molecule has 182 valence electrons. The summed E-state index contributed by atoms with van der Waals surface area (Å²) in [6, 6.07) is 3.95. The molecule has 1 amide bonds. The number of amides is 1. The molecule has 2 aromatic rings. The third-order valence-electron chi connectivity index (χ3n) is 7.22. The van der Waals surface area contributed by atoms with Gasteiger partial charge in [-0.3, -0.25) is 18.7 Å². The molecule has 3 aliphatic rings. The Balaban J connectivity index is 1.64. The standard InChI is InChI=1S/C24H30N4O5S/c1-3-21(29)26-12-4-5-17(15-26)28-22(30)19-13-18(34(32,33)25-24(2)10-11-24)8-9-20(19)27(23(28)31)14-16-6-7-16/h3,8-9,13,16-17,25H,1,4-7,10-12,14-15H2,2H3. The van der Waals surface area contributed by atoms with Gasteiger partial charge in [-0.1, -0.05) is 6.58 Å². The number of nitrogens with zero attached hydrogens (tertiary/aromatic N) is 3. The number of likely N-dealkylation sites (tertiary alicyclic amines) is 1. The van der Waals surface area contributed by atoms with Crippen molar-refractivity contribution in [2.24, 2.45) is 5.92 Å². The number of hydrogen-bond donors (Lipinski definition) is 1. The molecule has 5 rings (SSSR count). The number of carbonyl (C=O) groups excluding carboxylic acids is 1. The molecule has 3 fully saturated rings. The van der Waals surface area contributed by atoms with E-state index in [-0.39, 0.29) is 22.7 Å². The third kappa shape index (κ3) is 4.24. The number of hydrogen-bond acceptors (Lipinski definition) is 5. The summed E-state index contributed by atoms with van der Waals surface area (Å²) in [6.07, 6.45) is 6.07. The van der Waals surface area contributed by atoms with Gasteiger partial charge in [0, 0.05) is 25.2 Å². The van der Waals surface area contributed by atoms with E-state index in [2.05, 4.69) is 11.3 Å². The number of piperidine rings is 1. The van der Waals surface area contributed by atoms with Crippen LogP contribution in [-0.4, -0.2) is 47.0 Å². The van der Waals surface area contributed by atoms with Crippen LogP contribution in [0.1, 0.15) is 51.5 Å². The predicted molar refractivity (Wildman–Crippen MR) is 128 cm³/mol. The quantitative estimate of drug-likeness (QED) is 0.600. The highest BCUT2D eigenvalue weighted by molar-refractivity contribution is 7.89. The minimum absolute atomic E-state index is 0.0144. The maximum Gasteiger partial charge on any atom is 0.331 e. The minimum atomic E-state index is -3.81. The molecule has 1 N–H and O–H groups in total. The number of benzene rings is 1. The van der Waals surface area contributed by atoms with Crippen LogP contribution in [0, 0.1) is 5.92 Å². The fourth-order valence-electron chi connectivity index (χ4n) is 4.76. The first kappa shape index (κ1) is 23.0. The van der Waals surface area contributed by atoms with Gasteiger partial charge in [-0.2, -0.15) is 0 Å². The van der Waals surface area contributed by atoms with Gasteiger partial charge in [0.25, 0.3) is 5.56 Å². The lowest BCUT2D eigenvalue weighted by Gasteiger charge is -2.33. The highest BCUT2D eigenvalue weighted by Crippen LogP contribution is 2.36. The van der Waals surface area contributed by atoms with E-state index in [4.69, 9.17) is 0 Å². The van der Waals surface area contributed by atoms with Crippen LogP contribution in [0.4, 0.5) is 0 Å². The van der Waals surface area contributed by atoms with Crippen molar-refractivity contribution >= 4 is 26.8 Å². The van der Waals surface area contributed by atoms with Crippen LogP contribution in [0.5, 0.6) is 0 Å². The average molecular weight is 487 g/mol. The highest BCUT2D eigenvalue weighted by atomic mass is 32.2. The largest absolute Gasteiger partial charge is 0.337 e. The van der Waals surface area contributed by atoms with Crippen molar-refractivity contribution in [1.29, 1.82) is 0 Å². The molecule has 34 heavy (non-hydrogen) atoms. The Morgan fingerprint density at radius 2 is 1.97 bits per heavy atom. The van der Waals surface area contributed by atoms with Crippen molar-refractivity contribution in [2.75, 3.05) is 13.1 Å². The van der Waals surface area contributed by atoms with E-state index in [0.29, 0.717) is 37.4 Å². The lowest BCUT2D eigenvalue weighted by atomic mass is 10.0. The summed E-state index contributed by atoms with van der Waals surface area (Å²) in [7, 11) is -3.81. The van der Waals surface area contributed by atoms with Crippen LogP contribution < -0.4 is 16.0 Å². The summed E-state index contributed by atoms with van der Waals surface area (Å²) in [6.45, 7) is 6.67. The number of sulfonamides is 1. The normalized spacial score (nSPS) is 22.0. The van der Waals surface area contributed by atoms with Crippen LogP contribution in [0.3, 0.4) is 0 Å². The minimum Gasteiger partial charge on any atom is -0.337 e. The zero-order chi connectivity index (χ0) is 24.3. The van der Waals surface area contributed by atoms with Gasteiger partial charge < -0.3 is 4.90 Å². The second-order valence-electron chi connectivity index (χ2n) is 10.1. The van der Waals surface area contributed by atoms with Crippen molar-refractivity contribution < 1.29 is 13.2 Å². The van der Waals surface area contributed by atoms with Crippen molar-refractivity contribution in [3.63, 3.8) is 0 Å². The van der Waals surface area contributed by atoms with E-state index in [9.17, 15) is 22.8 Å². The van der Waals surface area contributed by atoms with Crippen LogP contribution >= 0.6 is 0 Å². The Bertz CT molecular complexity index is 1400. The fourth-order valence-corrected chi connectivity index (χ4v) is 6.25. The molecule has 1 atom stereocenters. The molecule has 2 saturated carbocycles. The maximum atomic E-state index is 13.6. The second kappa shape index (κ2) is 8.20. The van der Waals surface area contributed by atoms with E-state index < -0.39 is 32.9 Å². The molecule has 1 saturated heterocycles. The summed E-state index contributed by atoms with van der Waals surface area (Å²) < 4.78 is 31.5. The highest BCUT2D eigenvalue weighted by Gasteiger charge is 2.41. The Labute approximate surface area is 198 Å². The van der Waals surface area contributed by atoms with Gasteiger partial charge in [-0.15, -0.1) is 0 Å². The molecule has 2 aliphatic carbocycles. The molecule has 1 unspecified atom stereocenters. The summed E-state index contributed by atoms with van der Waals surface area (Å²) in [5, 5.41) is 0.205. The second-order valence-corrected chi connectivity index (χ2v) is 11.8. The van der Waals surface area contributed by atoms with Crippen LogP contribution in [-0.2, 0) is 21.4 Å². The summed E-state index contributed by atoms with van der Waals surface area (Å²) in [5.74, 6) is 0.141. The fraction of sp³-hybridized carbons (Fsp3) is 0.542. The lowest BCUT2D eigenvalue weighted by molar-refractivity contribution is -0.127. The number of fused-ring (bicyclic) bond motifs is 1. The van der Waals surface area contributed by atoms with Crippen molar-refractivity contribution in [3.05, 3.63) is 51.7 Å². The van der Waals surface area contributed by atoms with Gasteiger partial charge in [-0.25, -0.2) is 17.9 Å². The molecular formula is C24H30N4O5S. The van der Waals surface area contributed by atoms with E-state index >= 15 is 0 Å². The SMILES string of the molecule is C=CC(=O)N1CCCC(n2c(=O)c3cc(S(=O)(=O)NC4(C)CC4)ccc3n(CC3CC3)c2=O)C1. The van der Waals surface area contributed by atoms with Gasteiger partial charge in [-0.05, 0) is 75.6 Å². The average Bonchev–Trinajstić information content (AvgIpc) is 3.74. The van der Waals surface area contributed by atoms with Crippen LogP contribution in [0.2, 0.25) is 0 Å². The predicted octanol–water partition coefficient (Wildman–Crippen LogP) is 1.75. The summed E-state index contributed by atoms with van der Waals surface area (Å²) in [4.78, 5) is 41.0. The number of carbonyl (C=O) groups is 1. The monoisotopic (exact) mass is 486 g/mol. The number of nitrogens with one attached hydrogen (secondary N) is 1. The van der Waals surface area contributed by atoms with Gasteiger partial charge in [0.2, 0.25) is 15.9 Å². The molecule has 1 aromatic heterocycles. The molecule has 0 radical (unpaired) electrons. The Morgan fingerprint density at radius 1 is 1.24 bits per heavy atom. The summed E-state index contributed by atoms with van der Waals surface area (Å²) in [5.41, 5.74) is -0.909. The molecule has 1 aliphatic heterocycles. The lowest BCUT2D eigenvalue weighted by Crippen LogP contribution is -2.48. The van der Waals surface area contributed by atoms with E-state index in [1.54, 1.807) is 15.5 Å². The summed E-state index contributed by atoms with van der Waals surface area (Å²) >= 11 is 0. The molecule has 9 nitrogen and oxygen atoms in total. The van der Waals surface area contributed by atoms with E-state index in [0.717, 1.165) is 25.7 Å².